The fourth-order valence-electron chi connectivity index (χ4n) is 5.37. The second kappa shape index (κ2) is 10.1. The number of nitrogens with one attached hydrogen (secondary N) is 2. The molecule has 4 aromatic rings. The summed E-state index contributed by atoms with van der Waals surface area (Å²) in [5.41, 5.74) is 5.82. The first-order chi connectivity index (χ1) is 19.5. The minimum Gasteiger partial charge on any atom is -0.390 e. The molecule has 1 saturated heterocycles. The molecule has 3 aromatic carbocycles. The number of carbonyl (C=O) groups is 1. The maximum Gasteiger partial charge on any atom is 0.469 e. The highest BCUT2D eigenvalue weighted by atomic mass is 31.2. The van der Waals surface area contributed by atoms with E-state index in [1.165, 1.54) is 16.7 Å². The topological polar surface area (TPSA) is 204 Å². The molecule has 4 atom stereocenters. The Balaban J connectivity index is 1.41. The van der Waals surface area contributed by atoms with Crippen molar-refractivity contribution in [3.63, 3.8) is 0 Å². The fraction of sp³-hybridized carbons (Fsp3) is 0.269. The number of phosphoric ester groups is 1. The Hall–Kier alpha value is -4.04. The highest BCUT2D eigenvalue weighted by molar-refractivity contribution is 7.46. The molecule has 0 radical (unpaired) electrons. The zero-order valence-corrected chi connectivity index (χ0v) is 22.6. The largest absolute Gasteiger partial charge is 0.469 e. The van der Waals surface area contributed by atoms with Crippen molar-refractivity contribution in [3.8, 4) is 0 Å². The summed E-state index contributed by atoms with van der Waals surface area (Å²) in [7, 11) is -4.82. The van der Waals surface area contributed by atoms with E-state index in [2.05, 4.69) is 25.9 Å². The van der Waals surface area contributed by atoms with Gasteiger partial charge in [-0.1, -0.05) is 30.3 Å². The minimum absolute atomic E-state index is 0.0373. The van der Waals surface area contributed by atoms with Crippen LogP contribution in [0.15, 0.2) is 59.4 Å². The first-order valence-corrected chi connectivity index (χ1v) is 14.2. The molecule has 7 N–H and O–H groups in total. The Kier molecular flexibility index (Phi) is 6.69. The molecule has 14 nitrogen and oxygen atoms in total. The predicted octanol–water partition coefficient (Wildman–Crippen LogP) is 1.81. The number of nitrogens with two attached hydrogens (primary N) is 1. The standard InChI is InChI=1S/C26H27N6O8P/c1-13(33)31(18-7-6-16-8-14-4-2-3-5-15(14)9-17(16)10-18)26-28-22-23(29-25(27)30-24(22)35)32(26)21-11-19(34)20(40-21)12-39-41(36,37)38/h2-10,19-21,26,28,34H,11-12H2,1H3,(H2,36,37,38)(H3,27,29,30,35)/t19-,20+,21+,26?/m0/s1. The lowest BCUT2D eigenvalue weighted by Crippen LogP contribution is -2.56. The van der Waals surface area contributed by atoms with Gasteiger partial charge in [-0.2, -0.15) is 4.98 Å². The summed E-state index contributed by atoms with van der Waals surface area (Å²) >= 11 is 0. The number of nitrogen functional groups attached to an aromatic ring is 1. The summed E-state index contributed by atoms with van der Waals surface area (Å²) in [5.74, 6) is -0.457. The molecule has 6 rings (SSSR count). The van der Waals surface area contributed by atoms with E-state index in [4.69, 9.17) is 20.3 Å². The molecule has 1 unspecified atom stereocenters. The molecule has 0 aliphatic carbocycles. The van der Waals surface area contributed by atoms with Gasteiger partial charge in [0, 0.05) is 19.0 Å². The summed E-state index contributed by atoms with van der Waals surface area (Å²) in [6, 6.07) is 17.6. The minimum atomic E-state index is -4.82. The lowest BCUT2D eigenvalue weighted by molar-refractivity contribution is -0.117. The number of aromatic nitrogens is 2. The number of hydrogen-bond donors (Lipinski definition) is 6. The molecule has 2 aliphatic heterocycles. The van der Waals surface area contributed by atoms with Gasteiger partial charge in [-0.05, 0) is 45.8 Å². The van der Waals surface area contributed by atoms with Crippen LogP contribution >= 0.6 is 7.82 Å². The number of benzene rings is 3. The Morgan fingerprint density at radius 1 is 1.17 bits per heavy atom. The second-order valence-corrected chi connectivity index (χ2v) is 11.2. The highest BCUT2D eigenvalue weighted by Gasteiger charge is 2.47. The zero-order valence-electron chi connectivity index (χ0n) is 21.7. The maximum absolute atomic E-state index is 13.2. The Morgan fingerprint density at radius 2 is 1.85 bits per heavy atom. The molecule has 1 amide bonds. The number of aliphatic hydroxyl groups excluding tert-OH is 1. The van der Waals surface area contributed by atoms with E-state index in [1.54, 1.807) is 6.07 Å². The Bertz CT molecular complexity index is 1780. The van der Waals surface area contributed by atoms with Crippen molar-refractivity contribution in [2.45, 2.75) is 38.1 Å². The maximum atomic E-state index is 13.2. The molecule has 2 aliphatic rings. The molecule has 1 fully saturated rings. The van der Waals surface area contributed by atoms with Gasteiger partial charge in [0.1, 0.15) is 18.0 Å². The summed E-state index contributed by atoms with van der Waals surface area (Å²) in [6.45, 7) is 0.793. The number of ether oxygens (including phenoxy) is 1. The van der Waals surface area contributed by atoms with Crippen LogP contribution in [0.3, 0.4) is 0 Å². The summed E-state index contributed by atoms with van der Waals surface area (Å²) in [6.07, 6.45) is -4.33. The summed E-state index contributed by atoms with van der Waals surface area (Å²) < 4.78 is 21.7. The lowest BCUT2D eigenvalue weighted by Gasteiger charge is -2.38. The molecule has 0 bridgehead atoms. The van der Waals surface area contributed by atoms with E-state index >= 15 is 0 Å². The number of carbonyl (C=O) groups excluding carboxylic acids is 1. The number of phosphoric acid groups is 1. The Labute approximate surface area is 232 Å². The van der Waals surface area contributed by atoms with Crippen molar-refractivity contribution in [2.75, 3.05) is 27.5 Å². The highest BCUT2D eigenvalue weighted by Crippen LogP contribution is 2.41. The third kappa shape index (κ3) is 5.12. The van der Waals surface area contributed by atoms with Gasteiger partial charge < -0.3 is 30.7 Å². The molecule has 0 spiro atoms. The van der Waals surface area contributed by atoms with Crippen LogP contribution in [0.4, 0.5) is 23.1 Å². The molecule has 1 aromatic heterocycles. The average Bonchev–Trinajstić information content (AvgIpc) is 3.45. The second-order valence-electron chi connectivity index (χ2n) is 9.91. The number of fused-ring (bicyclic) bond motifs is 3. The number of rotatable bonds is 6. The third-order valence-corrected chi connectivity index (χ3v) is 7.66. The molecule has 15 heteroatoms. The Morgan fingerprint density at radius 3 is 2.54 bits per heavy atom. The predicted molar refractivity (Wildman–Crippen MR) is 151 cm³/mol. The molecule has 3 heterocycles. The van der Waals surface area contributed by atoms with Crippen LogP contribution in [0.1, 0.15) is 13.3 Å². The van der Waals surface area contributed by atoms with Gasteiger partial charge in [0.25, 0.3) is 5.56 Å². The normalized spacial score (nSPS) is 22.2. The molecule has 41 heavy (non-hydrogen) atoms. The van der Waals surface area contributed by atoms with Crippen LogP contribution in [0.25, 0.3) is 21.5 Å². The van der Waals surface area contributed by atoms with Gasteiger partial charge in [0.15, 0.2) is 12.1 Å². The first kappa shape index (κ1) is 27.1. The number of H-pyrrole nitrogens is 1. The van der Waals surface area contributed by atoms with Crippen LogP contribution in [0.5, 0.6) is 0 Å². The van der Waals surface area contributed by atoms with Crippen LogP contribution in [-0.2, 0) is 18.6 Å². The van der Waals surface area contributed by atoms with Crippen molar-refractivity contribution in [3.05, 3.63) is 65.0 Å². The molecule has 214 valence electrons. The third-order valence-electron chi connectivity index (χ3n) is 7.17. The first-order valence-electron chi connectivity index (χ1n) is 12.7. The number of aliphatic hydroxyl groups is 1. The van der Waals surface area contributed by atoms with E-state index in [9.17, 15) is 19.3 Å². The zero-order chi connectivity index (χ0) is 29.1. The van der Waals surface area contributed by atoms with Crippen molar-refractivity contribution < 1.29 is 33.5 Å². The van der Waals surface area contributed by atoms with Gasteiger partial charge in [-0.25, -0.2) is 4.57 Å². The van der Waals surface area contributed by atoms with Crippen LogP contribution < -0.4 is 26.4 Å². The quantitative estimate of drug-likeness (QED) is 0.142. The van der Waals surface area contributed by atoms with Crippen molar-refractivity contribution in [1.82, 2.24) is 9.97 Å². The number of hydrogen-bond acceptors (Lipinski definition) is 10. The van der Waals surface area contributed by atoms with Crippen LogP contribution in [0.2, 0.25) is 0 Å². The number of aromatic amines is 1. The fourth-order valence-corrected chi connectivity index (χ4v) is 5.71. The number of anilines is 4. The lowest BCUT2D eigenvalue weighted by atomic mass is 10.0. The smallest absolute Gasteiger partial charge is 0.390 e. The van der Waals surface area contributed by atoms with E-state index in [-0.39, 0.29) is 29.8 Å². The van der Waals surface area contributed by atoms with Gasteiger partial charge in [-0.3, -0.25) is 28.9 Å². The summed E-state index contributed by atoms with van der Waals surface area (Å²) in [5, 5.41) is 17.6. The molecule has 0 saturated carbocycles. The number of amides is 1. The number of nitrogens with zero attached hydrogens (tertiary/aromatic N) is 3. The van der Waals surface area contributed by atoms with E-state index in [1.807, 2.05) is 42.5 Å². The van der Waals surface area contributed by atoms with Crippen LogP contribution in [-0.4, -0.2) is 62.1 Å². The van der Waals surface area contributed by atoms with E-state index in [0.29, 0.717) is 5.69 Å². The van der Waals surface area contributed by atoms with Gasteiger partial charge in [0.05, 0.1) is 12.7 Å². The van der Waals surface area contributed by atoms with Crippen LogP contribution in [0, 0.1) is 0 Å². The average molecular weight is 583 g/mol. The van der Waals surface area contributed by atoms with Crippen molar-refractivity contribution >= 4 is 58.4 Å². The molecular formula is C26H27N6O8P. The van der Waals surface area contributed by atoms with E-state index in [0.717, 1.165) is 21.5 Å². The SMILES string of the molecule is CC(=O)N(c1ccc2cc3ccccc3cc2c1)C1Nc2c(nc(N)[nH]c2=O)N1[C@H]1C[C@H](O)[C@@H](COP(=O)(O)O)O1. The summed E-state index contributed by atoms with van der Waals surface area (Å²) in [4.78, 5) is 53.9. The van der Waals surface area contributed by atoms with Crippen molar-refractivity contribution in [2.24, 2.45) is 0 Å². The van der Waals surface area contributed by atoms with Gasteiger partial charge in [-0.15, -0.1) is 0 Å². The van der Waals surface area contributed by atoms with Gasteiger partial charge in [0.2, 0.25) is 11.9 Å². The van der Waals surface area contributed by atoms with Gasteiger partial charge >= 0.3 is 7.82 Å². The van der Waals surface area contributed by atoms with Crippen molar-refractivity contribution in [1.29, 1.82) is 0 Å². The monoisotopic (exact) mass is 582 g/mol. The van der Waals surface area contributed by atoms with E-state index < -0.39 is 44.7 Å². The molecular weight excluding hydrogens is 555 g/mol.